The topological polar surface area (TPSA) is 78.5 Å². The van der Waals surface area contributed by atoms with Crippen LogP contribution in [0.5, 0.6) is 0 Å². The molecule has 0 saturated carbocycles. The molecule has 1 heterocycles. The minimum Gasteiger partial charge on any atom is -0.326 e. The molecule has 23 heavy (non-hydrogen) atoms. The Morgan fingerprint density at radius 1 is 1.26 bits per heavy atom. The summed E-state index contributed by atoms with van der Waals surface area (Å²) in [5, 5.41) is 2.65. The van der Waals surface area contributed by atoms with Gasteiger partial charge in [-0.2, -0.15) is 0 Å². The number of rotatable bonds is 7. The zero-order valence-electron chi connectivity index (χ0n) is 13.5. The molecule has 126 valence electrons. The van der Waals surface area contributed by atoms with E-state index in [1.807, 2.05) is 6.92 Å². The van der Waals surface area contributed by atoms with Gasteiger partial charge in [-0.15, -0.1) is 0 Å². The van der Waals surface area contributed by atoms with E-state index in [0.717, 1.165) is 31.6 Å². The molecule has 1 aromatic rings. The SMILES string of the molecule is CC(=O)Nc1cc(S(=O)(=O)NCCCN2CC=CC2)ccc1C. The molecule has 0 bridgehead atoms. The fraction of sp³-hybridized carbons (Fsp3) is 0.438. The van der Waals surface area contributed by atoms with Crippen molar-refractivity contribution in [2.45, 2.75) is 25.2 Å². The Morgan fingerprint density at radius 3 is 2.61 bits per heavy atom. The minimum atomic E-state index is -3.57. The molecule has 1 aliphatic rings. The molecule has 0 atom stereocenters. The van der Waals surface area contributed by atoms with Crippen molar-refractivity contribution >= 4 is 21.6 Å². The molecule has 0 saturated heterocycles. The largest absolute Gasteiger partial charge is 0.326 e. The van der Waals surface area contributed by atoms with Crippen molar-refractivity contribution in [1.29, 1.82) is 0 Å². The van der Waals surface area contributed by atoms with Crippen LogP contribution >= 0.6 is 0 Å². The number of sulfonamides is 1. The molecular weight excluding hydrogens is 314 g/mol. The van der Waals surface area contributed by atoms with Crippen LogP contribution in [-0.4, -0.2) is 45.4 Å². The fourth-order valence-electron chi connectivity index (χ4n) is 2.39. The Bertz CT molecular complexity index is 691. The number of nitrogens with zero attached hydrogens (tertiary/aromatic N) is 1. The molecule has 6 nitrogen and oxygen atoms in total. The average molecular weight is 337 g/mol. The summed E-state index contributed by atoms with van der Waals surface area (Å²) in [6.07, 6.45) is 4.98. The van der Waals surface area contributed by atoms with Gasteiger partial charge in [-0.25, -0.2) is 13.1 Å². The molecule has 0 fully saturated rings. The Kier molecular flexibility index (Phi) is 5.92. The number of carbonyl (C=O) groups excluding carboxylic acids is 1. The molecule has 0 unspecified atom stereocenters. The third-order valence-electron chi connectivity index (χ3n) is 3.67. The average Bonchev–Trinajstić information content (AvgIpc) is 2.98. The third kappa shape index (κ3) is 5.16. The molecule has 1 aliphatic heterocycles. The van der Waals surface area contributed by atoms with Gasteiger partial charge in [0.1, 0.15) is 0 Å². The van der Waals surface area contributed by atoms with E-state index in [2.05, 4.69) is 27.1 Å². The molecule has 0 aliphatic carbocycles. The third-order valence-corrected chi connectivity index (χ3v) is 5.13. The number of carbonyl (C=O) groups is 1. The number of amides is 1. The highest BCUT2D eigenvalue weighted by Crippen LogP contribution is 2.20. The van der Waals surface area contributed by atoms with Crippen LogP contribution in [0.1, 0.15) is 18.9 Å². The molecule has 7 heteroatoms. The van der Waals surface area contributed by atoms with Crippen molar-refractivity contribution in [3.05, 3.63) is 35.9 Å². The number of hydrogen-bond acceptors (Lipinski definition) is 4. The first-order chi connectivity index (χ1) is 10.9. The van der Waals surface area contributed by atoms with Gasteiger partial charge in [0.25, 0.3) is 0 Å². The first-order valence-corrected chi connectivity index (χ1v) is 9.12. The lowest BCUT2D eigenvalue weighted by Gasteiger charge is -2.15. The van der Waals surface area contributed by atoms with Crippen molar-refractivity contribution in [1.82, 2.24) is 9.62 Å². The second kappa shape index (κ2) is 7.72. The summed E-state index contributed by atoms with van der Waals surface area (Å²) in [6.45, 7) is 6.34. The second-order valence-corrected chi connectivity index (χ2v) is 7.41. The van der Waals surface area contributed by atoms with Gasteiger partial charge in [0.2, 0.25) is 15.9 Å². The van der Waals surface area contributed by atoms with Crippen molar-refractivity contribution < 1.29 is 13.2 Å². The quantitative estimate of drug-likeness (QED) is 0.584. The molecule has 0 spiro atoms. The maximum absolute atomic E-state index is 12.3. The standard InChI is InChI=1S/C16H23N3O3S/c1-13-6-7-15(12-16(13)18-14(2)20)23(21,22)17-8-5-11-19-9-3-4-10-19/h3-4,6-7,12,17H,5,8-11H2,1-2H3,(H,18,20). The lowest BCUT2D eigenvalue weighted by molar-refractivity contribution is -0.114. The summed E-state index contributed by atoms with van der Waals surface area (Å²) in [7, 11) is -3.57. The van der Waals surface area contributed by atoms with E-state index in [1.54, 1.807) is 12.1 Å². The van der Waals surface area contributed by atoms with Crippen LogP contribution < -0.4 is 10.0 Å². The van der Waals surface area contributed by atoms with Gasteiger partial charge in [-0.05, 0) is 31.0 Å². The van der Waals surface area contributed by atoms with Gasteiger partial charge >= 0.3 is 0 Å². The van der Waals surface area contributed by atoms with Crippen LogP contribution in [0.2, 0.25) is 0 Å². The molecule has 2 rings (SSSR count). The molecule has 1 aromatic carbocycles. The van der Waals surface area contributed by atoms with E-state index in [4.69, 9.17) is 0 Å². The number of aryl methyl sites for hydroxylation is 1. The second-order valence-electron chi connectivity index (χ2n) is 5.64. The van der Waals surface area contributed by atoms with E-state index < -0.39 is 10.0 Å². The summed E-state index contributed by atoms with van der Waals surface area (Å²) >= 11 is 0. The highest BCUT2D eigenvalue weighted by atomic mass is 32.2. The van der Waals surface area contributed by atoms with Crippen molar-refractivity contribution in [3.63, 3.8) is 0 Å². The highest BCUT2D eigenvalue weighted by Gasteiger charge is 2.15. The van der Waals surface area contributed by atoms with Crippen LogP contribution in [0.25, 0.3) is 0 Å². The predicted molar refractivity (Wildman–Crippen MR) is 90.9 cm³/mol. The van der Waals surface area contributed by atoms with E-state index in [-0.39, 0.29) is 10.8 Å². The number of anilines is 1. The zero-order valence-corrected chi connectivity index (χ0v) is 14.3. The lowest BCUT2D eigenvalue weighted by atomic mass is 10.2. The summed E-state index contributed by atoms with van der Waals surface area (Å²) in [5.74, 6) is -0.227. The zero-order chi connectivity index (χ0) is 16.9. The molecule has 1 amide bonds. The molecule has 0 radical (unpaired) electrons. The van der Waals surface area contributed by atoms with Crippen LogP contribution in [0.4, 0.5) is 5.69 Å². The summed E-state index contributed by atoms with van der Waals surface area (Å²) in [5.41, 5.74) is 1.34. The highest BCUT2D eigenvalue weighted by molar-refractivity contribution is 7.89. The maximum Gasteiger partial charge on any atom is 0.240 e. The summed E-state index contributed by atoms with van der Waals surface area (Å²) in [4.78, 5) is 13.6. The van der Waals surface area contributed by atoms with Gasteiger partial charge in [-0.1, -0.05) is 18.2 Å². The lowest BCUT2D eigenvalue weighted by Crippen LogP contribution is -2.29. The van der Waals surface area contributed by atoms with Crippen LogP contribution in [0.3, 0.4) is 0 Å². The normalized spacial score (nSPS) is 15.0. The number of nitrogens with one attached hydrogen (secondary N) is 2. The Labute approximate surface area is 137 Å². The monoisotopic (exact) mass is 337 g/mol. The van der Waals surface area contributed by atoms with Gasteiger partial charge in [0.15, 0.2) is 0 Å². The minimum absolute atomic E-state index is 0.162. The van der Waals surface area contributed by atoms with Crippen molar-refractivity contribution in [2.75, 3.05) is 31.5 Å². The van der Waals surface area contributed by atoms with E-state index in [0.29, 0.717) is 12.2 Å². The van der Waals surface area contributed by atoms with E-state index in [1.165, 1.54) is 13.0 Å². The van der Waals surface area contributed by atoms with Crippen LogP contribution in [-0.2, 0) is 14.8 Å². The van der Waals surface area contributed by atoms with Gasteiger partial charge in [0.05, 0.1) is 4.90 Å². The predicted octanol–water partition coefficient (Wildman–Crippen LogP) is 1.49. The van der Waals surface area contributed by atoms with Gasteiger partial charge in [0, 0.05) is 38.8 Å². The Balaban J connectivity index is 1.94. The Hall–Kier alpha value is -1.70. The Morgan fingerprint density at radius 2 is 1.96 bits per heavy atom. The number of benzene rings is 1. The summed E-state index contributed by atoms with van der Waals surface area (Å²) < 4.78 is 27.3. The van der Waals surface area contributed by atoms with Crippen molar-refractivity contribution in [2.24, 2.45) is 0 Å². The molecule has 2 N–H and O–H groups in total. The smallest absolute Gasteiger partial charge is 0.240 e. The van der Waals surface area contributed by atoms with E-state index in [9.17, 15) is 13.2 Å². The van der Waals surface area contributed by atoms with Crippen LogP contribution in [0.15, 0.2) is 35.2 Å². The molecular formula is C16H23N3O3S. The fourth-order valence-corrected chi connectivity index (χ4v) is 3.49. The van der Waals surface area contributed by atoms with Crippen LogP contribution in [0, 0.1) is 6.92 Å². The first-order valence-electron chi connectivity index (χ1n) is 7.64. The van der Waals surface area contributed by atoms with Gasteiger partial charge < -0.3 is 5.32 Å². The van der Waals surface area contributed by atoms with Gasteiger partial charge in [-0.3, -0.25) is 9.69 Å². The van der Waals surface area contributed by atoms with Crippen molar-refractivity contribution in [3.8, 4) is 0 Å². The molecule has 0 aromatic heterocycles. The van der Waals surface area contributed by atoms with E-state index >= 15 is 0 Å². The maximum atomic E-state index is 12.3. The number of hydrogen-bond donors (Lipinski definition) is 2. The summed E-state index contributed by atoms with van der Waals surface area (Å²) in [6, 6.07) is 4.73. The first kappa shape index (κ1) is 17.7.